The highest BCUT2D eigenvalue weighted by Gasteiger charge is 2.33. The van der Waals surface area contributed by atoms with E-state index in [4.69, 9.17) is 14.9 Å². The number of aromatic nitrogens is 2. The van der Waals surface area contributed by atoms with Crippen molar-refractivity contribution in [3.05, 3.63) is 65.0 Å². The smallest absolute Gasteiger partial charge is 0.409 e. The Morgan fingerprint density at radius 2 is 1.86 bits per heavy atom. The zero-order valence-electron chi connectivity index (χ0n) is 20.9. The van der Waals surface area contributed by atoms with Crippen LogP contribution < -0.4 is 5.14 Å². The lowest BCUT2D eigenvalue weighted by Gasteiger charge is -2.29. The van der Waals surface area contributed by atoms with Crippen molar-refractivity contribution >= 4 is 27.1 Å². The molecule has 2 N–H and O–H groups in total. The summed E-state index contributed by atoms with van der Waals surface area (Å²) < 4.78 is 31.2. The Kier molecular flexibility index (Phi) is 6.78. The summed E-state index contributed by atoms with van der Waals surface area (Å²) in [5.74, 6) is 1.16. The maximum atomic E-state index is 12.3. The first-order valence-electron chi connectivity index (χ1n) is 12.7. The van der Waals surface area contributed by atoms with Crippen molar-refractivity contribution in [2.75, 3.05) is 13.7 Å². The Morgan fingerprint density at radius 3 is 2.53 bits per heavy atom. The van der Waals surface area contributed by atoms with Crippen LogP contribution in [0, 0.1) is 0 Å². The van der Waals surface area contributed by atoms with Gasteiger partial charge in [0, 0.05) is 24.1 Å². The maximum Gasteiger partial charge on any atom is 0.409 e. The number of hydrogen-bond acceptors (Lipinski definition) is 5. The number of rotatable bonds is 5. The van der Waals surface area contributed by atoms with Crippen LogP contribution in [0.2, 0.25) is 0 Å². The lowest BCUT2D eigenvalue weighted by Crippen LogP contribution is -2.35. The average Bonchev–Trinajstić information content (AvgIpc) is 3.28. The van der Waals surface area contributed by atoms with E-state index in [0.717, 1.165) is 48.1 Å². The molecule has 9 heteroatoms. The second-order valence-corrected chi connectivity index (χ2v) is 12.0. The van der Waals surface area contributed by atoms with Gasteiger partial charge >= 0.3 is 6.09 Å². The van der Waals surface area contributed by atoms with E-state index in [1.165, 1.54) is 18.2 Å². The molecular formula is C27H34N4O4S. The van der Waals surface area contributed by atoms with Gasteiger partial charge < -0.3 is 14.2 Å². The molecule has 2 heterocycles. The highest BCUT2D eigenvalue weighted by atomic mass is 32.2. The van der Waals surface area contributed by atoms with Crippen molar-refractivity contribution in [3.8, 4) is 0 Å². The summed E-state index contributed by atoms with van der Waals surface area (Å²) in [5, 5.41) is 4.98. The molecular weight excluding hydrogens is 476 g/mol. The molecule has 0 radical (unpaired) electrons. The van der Waals surface area contributed by atoms with Crippen LogP contribution in [-0.4, -0.2) is 47.9 Å². The largest absolute Gasteiger partial charge is 0.453 e. The van der Waals surface area contributed by atoms with Gasteiger partial charge in [-0.25, -0.2) is 23.3 Å². The molecule has 5 rings (SSSR count). The van der Waals surface area contributed by atoms with Crippen LogP contribution in [0.5, 0.6) is 0 Å². The van der Waals surface area contributed by atoms with Crippen LogP contribution in [0.25, 0.3) is 11.0 Å². The number of amides is 1. The van der Waals surface area contributed by atoms with Gasteiger partial charge in [-0.1, -0.05) is 36.4 Å². The number of carbonyl (C=O) groups excluding carboxylic acids is 1. The summed E-state index contributed by atoms with van der Waals surface area (Å²) in [7, 11) is -2.12. The van der Waals surface area contributed by atoms with Gasteiger partial charge in [-0.15, -0.1) is 0 Å². The predicted molar refractivity (Wildman–Crippen MR) is 139 cm³/mol. The van der Waals surface area contributed by atoms with Gasteiger partial charge in [0.2, 0.25) is 10.0 Å². The quantitative estimate of drug-likeness (QED) is 0.551. The summed E-state index contributed by atoms with van der Waals surface area (Å²) in [6.45, 7) is 3.32. The molecule has 3 aromatic rings. The minimum absolute atomic E-state index is 0.154. The first-order valence-corrected chi connectivity index (χ1v) is 14.3. The van der Waals surface area contributed by atoms with Crippen molar-refractivity contribution in [2.45, 2.75) is 69.2 Å². The van der Waals surface area contributed by atoms with E-state index in [2.05, 4.69) is 47.9 Å². The molecule has 192 valence electrons. The second kappa shape index (κ2) is 9.86. The van der Waals surface area contributed by atoms with E-state index in [9.17, 15) is 13.2 Å². The molecule has 0 bridgehead atoms. The predicted octanol–water partition coefficient (Wildman–Crippen LogP) is 4.28. The fraction of sp³-hybridized carbons (Fsp3) is 0.481. The molecule has 1 aliphatic heterocycles. The summed E-state index contributed by atoms with van der Waals surface area (Å²) in [4.78, 5) is 19.2. The third-order valence-corrected chi connectivity index (χ3v) is 9.24. The number of fused-ring (bicyclic) bond motifs is 3. The molecule has 0 saturated heterocycles. The van der Waals surface area contributed by atoms with E-state index >= 15 is 0 Å². The highest BCUT2D eigenvalue weighted by Crippen LogP contribution is 2.39. The van der Waals surface area contributed by atoms with E-state index in [1.807, 2.05) is 6.07 Å². The number of hydrogen-bond donors (Lipinski definition) is 1. The molecule has 2 aliphatic rings. The molecule has 0 spiro atoms. The van der Waals surface area contributed by atoms with Crippen molar-refractivity contribution < 1.29 is 17.9 Å². The van der Waals surface area contributed by atoms with Crippen molar-refractivity contribution in [3.63, 3.8) is 0 Å². The van der Waals surface area contributed by atoms with Crippen LogP contribution in [0.4, 0.5) is 4.79 Å². The minimum atomic E-state index is -3.53. The number of benzene rings is 2. The topological polar surface area (TPSA) is 108 Å². The molecule has 1 aromatic heterocycles. The normalized spacial score (nSPS) is 21.2. The number of sulfonamides is 1. The molecule has 0 unspecified atom stereocenters. The molecule has 2 aromatic carbocycles. The Bertz CT molecular complexity index is 1360. The molecule has 1 atom stereocenters. The SMILES string of the molecule is COC(=O)N1CCc2ccc3c(nc([C@H]4CC[C@H](S(N)(=O)=O)CC4)n3[C@H](C)Cc3ccccc3)c2C1. The number of nitrogens with zero attached hydrogens (tertiary/aromatic N) is 3. The molecule has 36 heavy (non-hydrogen) atoms. The zero-order valence-corrected chi connectivity index (χ0v) is 21.7. The van der Waals surface area contributed by atoms with Crippen LogP contribution in [-0.2, 0) is 34.1 Å². The summed E-state index contributed by atoms with van der Waals surface area (Å²) in [6.07, 6.45) is 3.87. The van der Waals surface area contributed by atoms with Crippen LogP contribution in [0.3, 0.4) is 0 Å². The van der Waals surface area contributed by atoms with E-state index in [0.29, 0.717) is 25.9 Å². The molecule has 1 fully saturated rings. The summed E-state index contributed by atoms with van der Waals surface area (Å²) in [5.41, 5.74) is 5.55. The van der Waals surface area contributed by atoms with Crippen molar-refractivity contribution in [1.82, 2.24) is 14.5 Å². The Balaban J connectivity index is 1.56. The van der Waals surface area contributed by atoms with Gasteiger partial charge in [0.05, 0.1) is 29.9 Å². The Labute approximate surface area is 212 Å². The van der Waals surface area contributed by atoms with Crippen molar-refractivity contribution in [2.24, 2.45) is 5.14 Å². The molecule has 8 nitrogen and oxygen atoms in total. The summed E-state index contributed by atoms with van der Waals surface area (Å²) in [6, 6.07) is 14.9. The number of imidazole rings is 1. The van der Waals surface area contributed by atoms with Gasteiger partial charge in [-0.05, 0) is 62.6 Å². The third kappa shape index (κ3) is 4.74. The fourth-order valence-electron chi connectivity index (χ4n) is 5.94. The van der Waals surface area contributed by atoms with Gasteiger partial charge in [0.25, 0.3) is 0 Å². The van der Waals surface area contributed by atoms with Crippen LogP contribution >= 0.6 is 0 Å². The van der Waals surface area contributed by atoms with Gasteiger partial charge in [0.15, 0.2) is 0 Å². The zero-order chi connectivity index (χ0) is 25.4. The number of methoxy groups -OCH3 is 1. The molecule has 1 amide bonds. The van der Waals surface area contributed by atoms with Crippen LogP contribution in [0.1, 0.15) is 67.1 Å². The van der Waals surface area contributed by atoms with Gasteiger partial charge in [0.1, 0.15) is 5.82 Å². The number of carbonyl (C=O) groups is 1. The highest BCUT2D eigenvalue weighted by molar-refractivity contribution is 7.89. The fourth-order valence-corrected chi connectivity index (χ4v) is 6.87. The first kappa shape index (κ1) is 24.8. The lowest BCUT2D eigenvalue weighted by molar-refractivity contribution is 0.119. The van der Waals surface area contributed by atoms with Gasteiger partial charge in [-0.3, -0.25) is 0 Å². The number of nitrogens with two attached hydrogens (primary N) is 1. The monoisotopic (exact) mass is 510 g/mol. The van der Waals surface area contributed by atoms with E-state index in [1.54, 1.807) is 4.90 Å². The van der Waals surface area contributed by atoms with Gasteiger partial charge in [-0.2, -0.15) is 0 Å². The first-order chi connectivity index (χ1) is 17.3. The summed E-state index contributed by atoms with van der Waals surface area (Å²) >= 11 is 0. The standard InChI is InChI=1S/C27H34N4O4S/c1-18(16-19-6-4-3-5-7-19)31-24-13-10-20-14-15-30(27(32)35-2)17-23(20)25(24)29-26(31)21-8-11-22(12-9-21)36(28,33)34/h3-7,10,13,18,21-22H,8-9,11-12,14-17H2,1-2H3,(H2,28,33,34)/t18-,21-,22-/m1/s1. The minimum Gasteiger partial charge on any atom is -0.453 e. The molecule has 1 aliphatic carbocycles. The van der Waals surface area contributed by atoms with E-state index in [-0.39, 0.29) is 18.1 Å². The van der Waals surface area contributed by atoms with E-state index < -0.39 is 15.3 Å². The molecule has 1 saturated carbocycles. The van der Waals surface area contributed by atoms with Crippen LogP contribution in [0.15, 0.2) is 42.5 Å². The second-order valence-electron chi connectivity index (χ2n) is 10.2. The maximum absolute atomic E-state index is 12.3. The lowest BCUT2D eigenvalue weighted by atomic mass is 9.88. The Hall–Kier alpha value is -2.91. The Morgan fingerprint density at radius 1 is 1.14 bits per heavy atom. The average molecular weight is 511 g/mol. The van der Waals surface area contributed by atoms with Crippen molar-refractivity contribution in [1.29, 1.82) is 0 Å². The number of primary sulfonamides is 1. The number of ether oxygens (including phenoxy) is 1. The third-order valence-electron chi connectivity index (χ3n) is 7.84.